The quantitative estimate of drug-likeness (QED) is 0.0346. The van der Waals surface area contributed by atoms with Crippen molar-refractivity contribution in [3.63, 3.8) is 0 Å². The molecule has 0 aromatic heterocycles. The minimum Gasteiger partial charge on any atom is -0.394 e. The van der Waals surface area contributed by atoms with E-state index in [4.69, 9.17) is 5.73 Å². The standard InChI is InChI=1S/C83H129N17O20/c1-20-81(17,97-70(115)78(11,12)95-69(114)77(9,10)94-68(113)76(7,8)90-63(108)56(86-48(6)102)40-50-32-27-24-28-33-50)71(116)85-43-61(106)88-55(38-47(4)5)64(109)92-82(18,21-2)72(117)96-80(15,16)74(119)99-44-52(103)41-58(99)66(111)89-54(35-36-60(84)105)62(107)93-83(19,22-3)75(120)100-45-53(104)42-59(100)67(112)91-79(13,14)73(118)98-37-29-34-57(98)65(110)87-51(46-101)39-49-30-25-23-26-31-49/h23-28,30-33,47,51-59,101,103-104H,20-22,29,34-46H2,1-19H3,(H2,84,105)(H,85,116)(H,86,102)(H,87,110)(H,88,106)(H,89,111)(H,90,108)(H,91,112)(H,92,109)(H,93,107)(H,94,113)(H,95,114)(H,96,117)(H,97,115)/t51?,52-,53-,54+,55+,56+,57+,58+,59+,81-,82-,83-/m1/s1. The van der Waals surface area contributed by atoms with Crippen molar-refractivity contribution in [1.29, 1.82) is 0 Å². The lowest BCUT2D eigenvalue weighted by Gasteiger charge is -2.38. The summed E-state index contributed by atoms with van der Waals surface area (Å²) in [4.78, 5) is 240. The summed E-state index contributed by atoms with van der Waals surface area (Å²) in [5.74, 6) is -13.9. The van der Waals surface area contributed by atoms with Crippen molar-refractivity contribution in [2.45, 2.75) is 307 Å². The number of aliphatic hydroxyl groups is 3. The summed E-state index contributed by atoms with van der Waals surface area (Å²) in [6.07, 6.45) is -3.20. The third kappa shape index (κ3) is 26.9. The van der Waals surface area contributed by atoms with Crippen molar-refractivity contribution in [2.24, 2.45) is 11.7 Å². The number of carbonyl (C=O) groups excluding carboxylic acids is 17. The zero-order valence-electron chi connectivity index (χ0n) is 72.8. The summed E-state index contributed by atoms with van der Waals surface area (Å²) in [6.45, 7) is 25.5. The SMILES string of the molecule is CC[C@@](C)(NC(=O)[C@H](CC(C)C)NC(=O)CNC(=O)[C@@](C)(CC)NC(=O)C(C)(C)NC(=O)C(C)(C)NC(=O)C(C)(C)NC(=O)[C@H](Cc1ccccc1)NC(C)=O)C(=O)NC(C)(C)C(=O)N1C[C@H](O)C[C@H]1C(=O)N[C@@H](CCC(N)=O)C(=O)N[C@](C)(CC)C(=O)N1C[C@H](O)C[C@H]1C(=O)NC(C)(C)C(=O)N1CCC[C@H]1C(=O)NC(CO)Cc1ccccc1. The molecule has 666 valence electrons. The molecule has 3 saturated heterocycles. The molecule has 0 bridgehead atoms. The number of nitrogens with one attached hydrogen (secondary N) is 13. The molecule has 18 N–H and O–H groups in total. The Bertz CT molecular complexity index is 4100. The number of hydrogen-bond acceptors (Lipinski definition) is 20. The third-order valence-electron chi connectivity index (χ3n) is 22.2. The second-order valence-corrected chi connectivity index (χ2v) is 35.4. The van der Waals surface area contributed by atoms with E-state index in [0.29, 0.717) is 19.3 Å². The van der Waals surface area contributed by atoms with Crippen LogP contribution in [-0.4, -0.2) is 262 Å². The summed E-state index contributed by atoms with van der Waals surface area (Å²) < 4.78 is 0. The lowest BCUT2D eigenvalue weighted by Crippen LogP contribution is -2.68. The first kappa shape index (κ1) is 99.9. The number of primary amides is 1. The van der Waals surface area contributed by atoms with Crippen LogP contribution in [0.1, 0.15) is 207 Å². The molecule has 120 heavy (non-hydrogen) atoms. The lowest BCUT2D eigenvalue weighted by atomic mass is 9.93. The number of carbonyl (C=O) groups is 17. The molecule has 37 heteroatoms. The number of likely N-dealkylation sites (tertiary alicyclic amines) is 3. The molecule has 17 amide bonds. The van der Waals surface area contributed by atoms with Gasteiger partial charge in [0.25, 0.3) is 0 Å². The van der Waals surface area contributed by atoms with E-state index in [9.17, 15) is 96.8 Å². The van der Waals surface area contributed by atoms with E-state index in [1.165, 1.54) is 102 Å². The molecule has 37 nitrogen and oxygen atoms in total. The molecule has 3 fully saturated rings. The van der Waals surface area contributed by atoms with Gasteiger partial charge in [0.2, 0.25) is 100 Å². The number of hydrogen-bond donors (Lipinski definition) is 17. The summed E-state index contributed by atoms with van der Waals surface area (Å²) >= 11 is 0. The van der Waals surface area contributed by atoms with E-state index in [-0.39, 0.29) is 70.6 Å². The molecule has 0 radical (unpaired) electrons. The molecule has 0 aliphatic carbocycles. The summed E-state index contributed by atoms with van der Waals surface area (Å²) in [5, 5.41) is 66.5. The van der Waals surface area contributed by atoms with E-state index >= 15 is 0 Å². The number of nitrogens with zero attached hydrogens (tertiary/aromatic N) is 3. The minimum absolute atomic E-state index is 0.0120. The fourth-order valence-electron chi connectivity index (χ4n) is 14.1. The Labute approximate surface area is 701 Å². The van der Waals surface area contributed by atoms with Gasteiger partial charge in [-0.2, -0.15) is 0 Å². The molecule has 3 aliphatic rings. The first-order chi connectivity index (χ1) is 55.5. The average Bonchev–Trinajstić information content (AvgIpc) is 1.62. The van der Waals surface area contributed by atoms with Gasteiger partial charge in [0.15, 0.2) is 0 Å². The lowest BCUT2D eigenvalue weighted by molar-refractivity contribution is -0.149. The van der Waals surface area contributed by atoms with Crippen LogP contribution in [0.15, 0.2) is 60.7 Å². The van der Waals surface area contributed by atoms with Crippen LogP contribution in [0.25, 0.3) is 0 Å². The molecule has 12 atom stereocenters. The van der Waals surface area contributed by atoms with Crippen LogP contribution in [0.5, 0.6) is 0 Å². The number of nitrogens with two attached hydrogens (primary N) is 1. The zero-order chi connectivity index (χ0) is 90.8. The molecule has 3 aliphatic heterocycles. The van der Waals surface area contributed by atoms with E-state index in [1.807, 2.05) is 30.3 Å². The maximum atomic E-state index is 14.8. The minimum atomic E-state index is -1.91. The molecule has 2 aromatic rings. The molecule has 1 unspecified atom stereocenters. The number of aliphatic hydroxyl groups excluding tert-OH is 3. The molecule has 2 aromatic carbocycles. The Kier molecular flexibility index (Phi) is 34.6. The highest BCUT2D eigenvalue weighted by Gasteiger charge is 2.52. The van der Waals surface area contributed by atoms with E-state index < -0.39 is 225 Å². The van der Waals surface area contributed by atoms with Crippen LogP contribution in [-0.2, 0) is 94.3 Å². The van der Waals surface area contributed by atoms with Crippen LogP contribution in [0, 0.1) is 5.92 Å². The maximum absolute atomic E-state index is 14.8. The normalized spacial score (nSPS) is 19.5. The van der Waals surface area contributed by atoms with E-state index in [0.717, 1.165) is 20.9 Å². The monoisotopic (exact) mass is 1680 g/mol. The van der Waals surface area contributed by atoms with Gasteiger partial charge in [0, 0.05) is 52.2 Å². The Hall–Kier alpha value is -10.7. The number of rotatable bonds is 41. The van der Waals surface area contributed by atoms with Gasteiger partial charge in [-0.15, -0.1) is 0 Å². The second kappa shape index (κ2) is 41.5. The van der Waals surface area contributed by atoms with Crippen molar-refractivity contribution in [3.05, 3.63) is 71.8 Å². The number of benzene rings is 2. The van der Waals surface area contributed by atoms with Crippen LogP contribution < -0.4 is 74.9 Å². The molecule has 0 spiro atoms. The first-order valence-corrected chi connectivity index (χ1v) is 40.9. The molecule has 5 rings (SSSR count). The van der Waals surface area contributed by atoms with Crippen LogP contribution >= 0.6 is 0 Å². The van der Waals surface area contributed by atoms with Crippen molar-refractivity contribution in [3.8, 4) is 0 Å². The van der Waals surface area contributed by atoms with Gasteiger partial charge < -0.3 is 105 Å². The van der Waals surface area contributed by atoms with Gasteiger partial charge in [0.1, 0.15) is 80.6 Å². The molecule has 3 heterocycles. The summed E-state index contributed by atoms with van der Waals surface area (Å²) in [6, 6.07) is 9.58. The Morgan fingerprint density at radius 1 is 0.458 bits per heavy atom. The van der Waals surface area contributed by atoms with E-state index in [1.54, 1.807) is 65.0 Å². The predicted octanol–water partition coefficient (Wildman–Crippen LogP) is -1.91. The largest absolute Gasteiger partial charge is 0.394 e. The van der Waals surface area contributed by atoms with Crippen molar-refractivity contribution in [1.82, 2.24) is 83.8 Å². The van der Waals surface area contributed by atoms with Crippen LogP contribution in [0.2, 0.25) is 0 Å². The van der Waals surface area contributed by atoms with Crippen LogP contribution in [0.4, 0.5) is 0 Å². The summed E-state index contributed by atoms with van der Waals surface area (Å²) in [5.41, 5.74) is -6.95. The topological polar surface area (TPSA) is 543 Å². The molecular formula is C83H129N17O20. The number of amides is 17. The fourth-order valence-corrected chi connectivity index (χ4v) is 14.1. The van der Waals surface area contributed by atoms with Gasteiger partial charge in [-0.05, 0) is 158 Å². The Morgan fingerprint density at radius 2 is 0.892 bits per heavy atom. The highest BCUT2D eigenvalue weighted by molar-refractivity contribution is 6.04. The zero-order valence-corrected chi connectivity index (χ0v) is 72.8. The van der Waals surface area contributed by atoms with Gasteiger partial charge in [-0.3, -0.25) is 81.5 Å². The van der Waals surface area contributed by atoms with Gasteiger partial charge in [0.05, 0.1) is 31.4 Å². The third-order valence-corrected chi connectivity index (χ3v) is 22.2. The van der Waals surface area contributed by atoms with Gasteiger partial charge >= 0.3 is 0 Å². The second-order valence-electron chi connectivity index (χ2n) is 35.4. The number of β-amino-alcohol motifs (C(OH)–C–C–N with tert-alkyl or cyclic N) is 2. The smallest absolute Gasteiger partial charge is 0.248 e. The maximum Gasteiger partial charge on any atom is 0.248 e. The van der Waals surface area contributed by atoms with Crippen LogP contribution in [0.3, 0.4) is 0 Å². The first-order valence-electron chi connectivity index (χ1n) is 40.9. The van der Waals surface area contributed by atoms with Crippen molar-refractivity contribution >= 4 is 100 Å². The highest BCUT2D eigenvalue weighted by atomic mass is 16.3. The van der Waals surface area contributed by atoms with Gasteiger partial charge in [-0.25, -0.2) is 0 Å². The molecule has 0 saturated carbocycles. The van der Waals surface area contributed by atoms with Crippen molar-refractivity contribution in [2.75, 3.05) is 32.8 Å². The fraction of sp³-hybridized carbons (Fsp3) is 0.651. The van der Waals surface area contributed by atoms with Crippen molar-refractivity contribution < 1.29 is 96.8 Å². The Morgan fingerprint density at radius 3 is 1.39 bits per heavy atom. The molecular weight excluding hydrogens is 1560 g/mol. The van der Waals surface area contributed by atoms with Gasteiger partial charge in [-0.1, -0.05) is 95.3 Å². The Balaban J connectivity index is 1.20. The predicted molar refractivity (Wildman–Crippen MR) is 440 cm³/mol. The summed E-state index contributed by atoms with van der Waals surface area (Å²) in [7, 11) is 0. The highest BCUT2D eigenvalue weighted by Crippen LogP contribution is 2.30. The van der Waals surface area contributed by atoms with E-state index in [2.05, 4.69) is 69.1 Å². The average molecular weight is 1690 g/mol.